The monoisotopic (exact) mass is 515 g/mol. The van der Waals surface area contributed by atoms with Gasteiger partial charge in [-0.15, -0.1) is 0 Å². The number of aliphatic imine (C=N–C) groups is 1. The van der Waals surface area contributed by atoms with Crippen LogP contribution in [-0.2, 0) is 11.3 Å². The van der Waals surface area contributed by atoms with Crippen LogP contribution >= 0.6 is 27.7 Å². The van der Waals surface area contributed by atoms with E-state index in [1.165, 1.54) is 22.9 Å². The van der Waals surface area contributed by atoms with Gasteiger partial charge >= 0.3 is 0 Å². The number of para-hydroxylation sites is 1. The van der Waals surface area contributed by atoms with Gasteiger partial charge in [0.05, 0.1) is 10.6 Å². The minimum absolute atomic E-state index is 0.116. The first-order valence-electron chi connectivity index (χ1n) is 10.7. The summed E-state index contributed by atoms with van der Waals surface area (Å²) in [5.74, 6) is -0.116. The Morgan fingerprint density at radius 3 is 2.48 bits per heavy atom. The van der Waals surface area contributed by atoms with Gasteiger partial charge < -0.3 is 9.88 Å². The molecule has 4 nitrogen and oxygen atoms in total. The molecule has 0 saturated carbocycles. The number of fused-ring (bicyclic) bond motifs is 1. The van der Waals surface area contributed by atoms with Gasteiger partial charge in [0.1, 0.15) is 0 Å². The van der Waals surface area contributed by atoms with E-state index >= 15 is 0 Å². The molecule has 1 amide bonds. The standard InChI is InChI=1S/C27H22BrN3OS/c1-17-7-13-21(14-8-17)29-27-30-26(32)25(33-27)15-23-18(2)31(24-6-4-3-5-22(23)24)16-19-9-11-20(28)12-10-19/h3-15H,16H2,1-2H3,(H,29,30,32)/b25-15+. The third-order valence-corrected chi connectivity index (χ3v) is 7.16. The zero-order valence-corrected chi connectivity index (χ0v) is 20.7. The SMILES string of the molecule is Cc1ccc(N=C2NC(=O)/C(=C\c3c(C)n(Cc4ccc(Br)cc4)c4ccccc34)S2)cc1. The van der Waals surface area contributed by atoms with E-state index in [0.717, 1.165) is 38.9 Å². The van der Waals surface area contributed by atoms with Gasteiger partial charge in [-0.1, -0.05) is 64.0 Å². The van der Waals surface area contributed by atoms with Gasteiger partial charge in [-0.25, -0.2) is 4.99 Å². The zero-order valence-electron chi connectivity index (χ0n) is 18.3. The summed E-state index contributed by atoms with van der Waals surface area (Å²) in [6, 6.07) is 24.7. The lowest BCUT2D eigenvalue weighted by molar-refractivity contribution is -0.115. The maximum Gasteiger partial charge on any atom is 0.264 e. The molecule has 6 heteroatoms. The molecule has 33 heavy (non-hydrogen) atoms. The van der Waals surface area contributed by atoms with E-state index in [0.29, 0.717) is 10.1 Å². The minimum atomic E-state index is -0.116. The molecule has 1 aromatic heterocycles. The second-order valence-corrected chi connectivity index (χ2v) is 9.99. The molecule has 164 valence electrons. The Kier molecular flexibility index (Phi) is 5.96. The number of thioether (sulfide) groups is 1. The summed E-state index contributed by atoms with van der Waals surface area (Å²) in [6.45, 7) is 4.92. The van der Waals surface area contributed by atoms with E-state index < -0.39 is 0 Å². The van der Waals surface area contributed by atoms with E-state index in [1.54, 1.807) is 0 Å². The summed E-state index contributed by atoms with van der Waals surface area (Å²) >= 11 is 4.89. The summed E-state index contributed by atoms with van der Waals surface area (Å²) in [7, 11) is 0. The van der Waals surface area contributed by atoms with Crippen LogP contribution in [0.4, 0.5) is 5.69 Å². The summed E-state index contributed by atoms with van der Waals surface area (Å²) in [4.78, 5) is 18.0. The molecule has 1 aliphatic rings. The van der Waals surface area contributed by atoms with Crippen LogP contribution in [0.5, 0.6) is 0 Å². The number of nitrogens with one attached hydrogen (secondary N) is 1. The summed E-state index contributed by atoms with van der Waals surface area (Å²) in [5.41, 5.74) is 6.58. The van der Waals surface area contributed by atoms with Gasteiger partial charge in [-0.05, 0) is 67.6 Å². The third-order valence-electron chi connectivity index (χ3n) is 5.72. The molecule has 5 rings (SSSR count). The Morgan fingerprint density at radius 2 is 1.73 bits per heavy atom. The number of aromatic nitrogens is 1. The number of rotatable bonds is 4. The van der Waals surface area contributed by atoms with Crippen LogP contribution < -0.4 is 5.32 Å². The fourth-order valence-corrected chi connectivity index (χ4v) is 5.05. The van der Waals surface area contributed by atoms with Crippen molar-refractivity contribution in [3.63, 3.8) is 0 Å². The predicted molar refractivity (Wildman–Crippen MR) is 142 cm³/mol. The number of amidine groups is 1. The Labute approximate surface area is 205 Å². The fraction of sp³-hybridized carbons (Fsp3) is 0.111. The van der Waals surface area contributed by atoms with E-state index in [4.69, 9.17) is 0 Å². The van der Waals surface area contributed by atoms with Gasteiger partial charge in [-0.2, -0.15) is 0 Å². The molecule has 0 aliphatic carbocycles. The summed E-state index contributed by atoms with van der Waals surface area (Å²) in [6.07, 6.45) is 1.99. The van der Waals surface area contributed by atoms with Crippen molar-refractivity contribution < 1.29 is 4.79 Å². The number of carbonyl (C=O) groups excluding carboxylic acids is 1. The lowest BCUT2D eigenvalue weighted by atomic mass is 10.1. The molecule has 1 N–H and O–H groups in total. The molecule has 2 heterocycles. The maximum absolute atomic E-state index is 12.7. The molecule has 0 unspecified atom stereocenters. The van der Waals surface area contributed by atoms with Crippen molar-refractivity contribution in [2.24, 2.45) is 4.99 Å². The van der Waals surface area contributed by atoms with Crippen molar-refractivity contribution in [3.05, 3.63) is 105 Å². The Balaban J connectivity index is 1.51. The lowest BCUT2D eigenvalue weighted by Gasteiger charge is -2.09. The highest BCUT2D eigenvalue weighted by Gasteiger charge is 2.25. The number of nitrogens with zero attached hydrogens (tertiary/aromatic N) is 2. The first kappa shape index (κ1) is 21.7. The zero-order chi connectivity index (χ0) is 22.9. The Bertz CT molecular complexity index is 1420. The van der Waals surface area contributed by atoms with Gasteiger partial charge in [0.2, 0.25) is 0 Å². The molecule has 0 bridgehead atoms. The summed E-state index contributed by atoms with van der Waals surface area (Å²) in [5, 5.41) is 4.64. The largest absolute Gasteiger partial charge is 0.340 e. The number of halogens is 1. The number of hydrogen-bond acceptors (Lipinski definition) is 3. The molecule has 0 spiro atoms. The first-order chi connectivity index (χ1) is 16.0. The normalized spacial score (nSPS) is 16.2. The molecule has 1 saturated heterocycles. The van der Waals surface area contributed by atoms with E-state index in [9.17, 15) is 4.79 Å². The highest BCUT2D eigenvalue weighted by Crippen LogP contribution is 2.33. The number of amides is 1. The second kappa shape index (κ2) is 9.04. The minimum Gasteiger partial charge on any atom is -0.340 e. The Morgan fingerprint density at radius 1 is 1.00 bits per heavy atom. The molecule has 0 atom stereocenters. The van der Waals surface area contributed by atoms with Crippen LogP contribution in [0, 0.1) is 13.8 Å². The van der Waals surface area contributed by atoms with Crippen LogP contribution in [0.2, 0.25) is 0 Å². The molecular weight excluding hydrogens is 494 g/mol. The first-order valence-corrected chi connectivity index (χ1v) is 12.3. The van der Waals surface area contributed by atoms with Crippen LogP contribution in [0.1, 0.15) is 22.4 Å². The third kappa shape index (κ3) is 4.54. The average molecular weight is 516 g/mol. The maximum atomic E-state index is 12.7. The number of benzene rings is 3. The molecule has 4 aromatic rings. The predicted octanol–water partition coefficient (Wildman–Crippen LogP) is 6.96. The summed E-state index contributed by atoms with van der Waals surface area (Å²) < 4.78 is 3.38. The molecule has 1 fully saturated rings. The highest BCUT2D eigenvalue weighted by molar-refractivity contribution is 9.10. The van der Waals surface area contributed by atoms with Crippen molar-refractivity contribution >= 4 is 61.4 Å². The molecule has 0 radical (unpaired) electrons. The van der Waals surface area contributed by atoms with Gasteiger partial charge in [-0.3, -0.25) is 4.79 Å². The lowest BCUT2D eigenvalue weighted by Crippen LogP contribution is -2.19. The van der Waals surface area contributed by atoms with E-state index in [1.807, 2.05) is 43.3 Å². The molecule has 3 aromatic carbocycles. The number of carbonyl (C=O) groups is 1. The van der Waals surface area contributed by atoms with Crippen molar-refractivity contribution in [2.75, 3.05) is 0 Å². The fourth-order valence-electron chi connectivity index (χ4n) is 3.96. The highest BCUT2D eigenvalue weighted by atomic mass is 79.9. The molecule has 1 aliphatic heterocycles. The van der Waals surface area contributed by atoms with Gasteiger partial charge in [0.15, 0.2) is 5.17 Å². The van der Waals surface area contributed by atoms with E-state index in [-0.39, 0.29) is 5.91 Å². The van der Waals surface area contributed by atoms with Crippen molar-refractivity contribution in [2.45, 2.75) is 20.4 Å². The van der Waals surface area contributed by atoms with Crippen molar-refractivity contribution in [1.82, 2.24) is 9.88 Å². The van der Waals surface area contributed by atoms with E-state index in [2.05, 4.69) is 80.2 Å². The number of aryl methyl sites for hydroxylation is 1. The molecular formula is C27H22BrN3OS. The van der Waals surface area contributed by atoms with Crippen LogP contribution in [0.25, 0.3) is 17.0 Å². The van der Waals surface area contributed by atoms with Crippen molar-refractivity contribution in [1.29, 1.82) is 0 Å². The van der Waals surface area contributed by atoms with Crippen LogP contribution in [0.3, 0.4) is 0 Å². The van der Waals surface area contributed by atoms with Crippen LogP contribution in [-0.4, -0.2) is 15.6 Å². The van der Waals surface area contributed by atoms with Gasteiger partial charge in [0.25, 0.3) is 5.91 Å². The Hall–Kier alpha value is -3.09. The smallest absolute Gasteiger partial charge is 0.264 e. The van der Waals surface area contributed by atoms with Gasteiger partial charge in [0, 0.05) is 33.2 Å². The quantitative estimate of drug-likeness (QED) is 0.298. The topological polar surface area (TPSA) is 46.4 Å². The van der Waals surface area contributed by atoms with Crippen LogP contribution in [0.15, 0.2) is 87.2 Å². The number of hydrogen-bond donors (Lipinski definition) is 1. The second-order valence-electron chi connectivity index (χ2n) is 8.05. The van der Waals surface area contributed by atoms with Crippen molar-refractivity contribution in [3.8, 4) is 0 Å². The average Bonchev–Trinajstić information content (AvgIpc) is 3.29.